The summed E-state index contributed by atoms with van der Waals surface area (Å²) in [6, 6.07) is 8.31. The van der Waals surface area contributed by atoms with E-state index in [-0.39, 0.29) is 30.4 Å². The lowest BCUT2D eigenvalue weighted by Gasteiger charge is -2.39. The molecule has 3 amide bonds. The van der Waals surface area contributed by atoms with Crippen LogP contribution in [0.15, 0.2) is 36.5 Å². The van der Waals surface area contributed by atoms with Gasteiger partial charge >= 0.3 is 5.97 Å². The minimum atomic E-state index is -0.730. The van der Waals surface area contributed by atoms with Gasteiger partial charge in [-0.1, -0.05) is 6.07 Å². The molecule has 1 atom stereocenters. The number of rotatable bonds is 7. The van der Waals surface area contributed by atoms with Crippen LogP contribution in [0.2, 0.25) is 0 Å². The smallest absolute Gasteiger partial charge is 0.340 e. The second-order valence-electron chi connectivity index (χ2n) is 12.5. The molecule has 12 heteroatoms. The van der Waals surface area contributed by atoms with Crippen molar-refractivity contribution in [3.8, 4) is 0 Å². The average molecular weight is 592 g/mol. The second-order valence-corrected chi connectivity index (χ2v) is 12.5. The minimum Gasteiger partial charge on any atom is -0.456 e. The zero-order chi connectivity index (χ0) is 30.6. The number of amides is 3. The number of piperidine rings is 2. The van der Waals surface area contributed by atoms with Crippen molar-refractivity contribution >= 4 is 35.3 Å². The van der Waals surface area contributed by atoms with E-state index in [9.17, 15) is 19.2 Å². The molecule has 0 saturated carbocycles. The molecule has 0 aromatic carbocycles. The Morgan fingerprint density at radius 2 is 1.67 bits per heavy atom. The molecule has 2 N–H and O–H groups in total. The third-order valence-corrected chi connectivity index (χ3v) is 8.05. The van der Waals surface area contributed by atoms with Crippen LogP contribution < -0.4 is 20.4 Å². The van der Waals surface area contributed by atoms with Crippen LogP contribution in [0.25, 0.3) is 0 Å². The molecule has 0 bridgehead atoms. The zero-order valence-corrected chi connectivity index (χ0v) is 25.2. The van der Waals surface area contributed by atoms with Crippen molar-refractivity contribution in [3.63, 3.8) is 0 Å². The van der Waals surface area contributed by atoms with Crippen LogP contribution in [0.4, 0.5) is 11.6 Å². The molecule has 3 aliphatic heterocycles. The van der Waals surface area contributed by atoms with E-state index in [0.717, 1.165) is 70.3 Å². The molecule has 5 rings (SSSR count). The molecule has 3 fully saturated rings. The van der Waals surface area contributed by atoms with Crippen LogP contribution in [0.1, 0.15) is 67.3 Å². The average Bonchev–Trinajstić information content (AvgIpc) is 2.99. The molecule has 0 spiro atoms. The summed E-state index contributed by atoms with van der Waals surface area (Å²) in [5.74, 6) is 0.671. The monoisotopic (exact) mass is 591 g/mol. The Bertz CT molecular complexity index is 1330. The van der Waals surface area contributed by atoms with E-state index in [2.05, 4.69) is 35.3 Å². The van der Waals surface area contributed by atoms with Gasteiger partial charge in [0.15, 0.2) is 0 Å². The highest BCUT2D eigenvalue weighted by molar-refractivity contribution is 6.03. The van der Waals surface area contributed by atoms with Crippen LogP contribution in [0, 0.1) is 5.92 Å². The maximum atomic E-state index is 12.8. The normalized spacial score (nSPS) is 20.5. The summed E-state index contributed by atoms with van der Waals surface area (Å²) in [4.78, 5) is 64.5. The largest absolute Gasteiger partial charge is 0.456 e. The third-order valence-electron chi connectivity index (χ3n) is 8.05. The number of ether oxygens (including phenoxy) is 1. The number of piperazine rings is 1. The number of imide groups is 1. The van der Waals surface area contributed by atoms with Crippen molar-refractivity contribution in [2.24, 2.45) is 5.92 Å². The molecule has 12 nitrogen and oxygen atoms in total. The Morgan fingerprint density at radius 3 is 2.33 bits per heavy atom. The number of hydrogen-bond acceptors (Lipinski definition) is 10. The van der Waals surface area contributed by atoms with E-state index in [0.29, 0.717) is 11.5 Å². The van der Waals surface area contributed by atoms with E-state index in [1.54, 1.807) is 18.3 Å². The van der Waals surface area contributed by atoms with Gasteiger partial charge in [0.1, 0.15) is 29.0 Å². The summed E-state index contributed by atoms with van der Waals surface area (Å²) in [6.07, 6.45) is 4.26. The maximum absolute atomic E-state index is 12.8. The van der Waals surface area contributed by atoms with Crippen molar-refractivity contribution in [1.82, 2.24) is 25.5 Å². The minimum absolute atomic E-state index is 0.204. The van der Waals surface area contributed by atoms with Crippen molar-refractivity contribution in [1.29, 1.82) is 0 Å². The summed E-state index contributed by atoms with van der Waals surface area (Å²) in [5.41, 5.74) is 0.182. The van der Waals surface area contributed by atoms with Gasteiger partial charge in [-0.2, -0.15) is 0 Å². The highest BCUT2D eigenvalue weighted by Gasteiger charge is 2.29. The summed E-state index contributed by atoms with van der Waals surface area (Å²) >= 11 is 0. The maximum Gasteiger partial charge on any atom is 0.340 e. The SMILES string of the molecule is CC(C)(C)OC(=O)c1ccc(N2CCC(CN3CCN(c4cccc(C(=O)NC5CCC(=O)NC5=O)n4)CC3)CC2)nc1. The van der Waals surface area contributed by atoms with Gasteiger partial charge in [-0.05, 0) is 70.2 Å². The zero-order valence-electron chi connectivity index (χ0n) is 25.2. The number of anilines is 2. The summed E-state index contributed by atoms with van der Waals surface area (Å²) in [7, 11) is 0. The fraction of sp³-hybridized carbons (Fsp3) is 0.548. The molecular formula is C31H41N7O5. The number of nitrogens with zero attached hydrogens (tertiary/aromatic N) is 5. The summed E-state index contributed by atoms with van der Waals surface area (Å²) < 4.78 is 5.43. The van der Waals surface area contributed by atoms with E-state index < -0.39 is 23.5 Å². The topological polar surface area (TPSA) is 137 Å². The van der Waals surface area contributed by atoms with E-state index in [1.165, 1.54) is 0 Å². The number of aromatic nitrogens is 2. The lowest BCUT2D eigenvalue weighted by atomic mass is 9.96. The lowest BCUT2D eigenvalue weighted by molar-refractivity contribution is -0.134. The fourth-order valence-corrected chi connectivity index (χ4v) is 5.69. The number of carbonyl (C=O) groups excluding carboxylic acids is 4. The number of pyridine rings is 2. The summed E-state index contributed by atoms with van der Waals surface area (Å²) in [6.45, 7) is 11.9. The number of nitrogens with one attached hydrogen (secondary N) is 2. The van der Waals surface area contributed by atoms with E-state index in [4.69, 9.17) is 4.74 Å². The standard InChI is InChI=1S/C31H41N7O5/c1-31(2,3)43-30(42)22-7-9-25(32-19-22)37-13-11-21(12-14-37)20-36-15-17-38(18-16-36)26-6-4-5-23(33-26)28(40)34-24-8-10-27(39)35-29(24)41/h4-7,9,19,21,24H,8,10-18,20H2,1-3H3,(H,34,40)(H,35,39,41). The second kappa shape index (κ2) is 13.1. The number of hydrogen-bond donors (Lipinski definition) is 2. The van der Waals surface area contributed by atoms with Crippen LogP contribution in [0.5, 0.6) is 0 Å². The molecule has 0 radical (unpaired) electrons. The van der Waals surface area contributed by atoms with Gasteiger partial charge < -0.3 is 19.9 Å². The van der Waals surface area contributed by atoms with Gasteiger partial charge in [0, 0.05) is 58.4 Å². The Balaban J connectivity index is 1.05. The first-order valence-electron chi connectivity index (χ1n) is 15.1. The quantitative estimate of drug-likeness (QED) is 0.363. The van der Waals surface area contributed by atoms with Gasteiger partial charge in [-0.25, -0.2) is 14.8 Å². The third kappa shape index (κ3) is 8.07. The molecule has 43 heavy (non-hydrogen) atoms. The van der Waals surface area contributed by atoms with E-state index >= 15 is 0 Å². The highest BCUT2D eigenvalue weighted by Crippen LogP contribution is 2.24. The Kier molecular flexibility index (Phi) is 9.24. The van der Waals surface area contributed by atoms with Gasteiger partial charge in [0.25, 0.3) is 5.91 Å². The number of carbonyl (C=O) groups is 4. The molecule has 2 aromatic rings. The highest BCUT2D eigenvalue weighted by atomic mass is 16.6. The van der Waals surface area contributed by atoms with Crippen molar-refractivity contribution in [2.75, 3.05) is 55.6 Å². The van der Waals surface area contributed by atoms with Crippen LogP contribution in [-0.2, 0) is 14.3 Å². The first kappa shape index (κ1) is 30.4. The van der Waals surface area contributed by atoms with Crippen molar-refractivity contribution in [3.05, 3.63) is 47.8 Å². The van der Waals surface area contributed by atoms with Gasteiger partial charge in [-0.15, -0.1) is 0 Å². The van der Waals surface area contributed by atoms with Gasteiger partial charge in [0.2, 0.25) is 11.8 Å². The van der Waals surface area contributed by atoms with Gasteiger partial charge in [-0.3, -0.25) is 24.6 Å². The number of esters is 1. The molecule has 2 aromatic heterocycles. The first-order valence-corrected chi connectivity index (χ1v) is 15.1. The van der Waals surface area contributed by atoms with E-state index in [1.807, 2.05) is 39.0 Å². The fourth-order valence-electron chi connectivity index (χ4n) is 5.69. The van der Waals surface area contributed by atoms with Crippen LogP contribution in [0.3, 0.4) is 0 Å². The molecule has 3 saturated heterocycles. The molecule has 1 unspecified atom stereocenters. The molecule has 5 heterocycles. The Morgan fingerprint density at radius 1 is 0.953 bits per heavy atom. The summed E-state index contributed by atoms with van der Waals surface area (Å²) in [5, 5.41) is 4.96. The molecule has 3 aliphatic rings. The van der Waals surface area contributed by atoms with Crippen molar-refractivity contribution < 1.29 is 23.9 Å². The molecule has 230 valence electrons. The first-order chi connectivity index (χ1) is 20.5. The van der Waals surface area contributed by atoms with Gasteiger partial charge in [0.05, 0.1) is 5.56 Å². The molecule has 0 aliphatic carbocycles. The Hall–Kier alpha value is -4.06. The molecular weight excluding hydrogens is 550 g/mol. The predicted octanol–water partition coefficient (Wildman–Crippen LogP) is 2.01. The Labute approximate surface area is 252 Å². The predicted molar refractivity (Wildman–Crippen MR) is 161 cm³/mol. The van der Waals surface area contributed by atoms with Crippen molar-refractivity contribution in [2.45, 2.75) is 58.1 Å². The lowest BCUT2D eigenvalue weighted by Crippen LogP contribution is -2.52. The van der Waals surface area contributed by atoms with Crippen LogP contribution >= 0.6 is 0 Å². The van der Waals surface area contributed by atoms with Crippen LogP contribution in [-0.4, -0.2) is 96.0 Å².